The third-order valence-corrected chi connectivity index (χ3v) is 2.60. The van der Waals surface area contributed by atoms with E-state index < -0.39 is 0 Å². The molecule has 4 nitrogen and oxygen atoms in total. The van der Waals surface area contributed by atoms with Gasteiger partial charge in [0.15, 0.2) is 0 Å². The molecule has 1 atom stereocenters. The third-order valence-electron chi connectivity index (χ3n) is 2.60. The molecule has 0 amide bonds. The number of rotatable bonds is 3. The first-order valence-electron chi connectivity index (χ1n) is 5.18. The molecular weight excluding hydrogens is 180 g/mol. The second-order valence-electron chi connectivity index (χ2n) is 3.68. The Kier molecular flexibility index (Phi) is 2.72. The Morgan fingerprint density at radius 1 is 1.64 bits per heavy atom. The number of aryl methyl sites for hydroxylation is 1. The van der Waals surface area contributed by atoms with Crippen LogP contribution in [0.4, 0.5) is 0 Å². The molecule has 2 heterocycles. The summed E-state index contributed by atoms with van der Waals surface area (Å²) in [5.74, 6) is 0.978. The first kappa shape index (κ1) is 9.52. The average Bonchev–Trinajstić information content (AvgIpc) is 2.76. The van der Waals surface area contributed by atoms with Gasteiger partial charge in [-0.25, -0.2) is 0 Å². The zero-order valence-corrected chi connectivity index (χ0v) is 8.42. The van der Waals surface area contributed by atoms with E-state index in [1.54, 1.807) is 0 Å². The normalized spacial score (nSPS) is 21.6. The number of imidazole rings is 1. The fourth-order valence-corrected chi connectivity index (χ4v) is 1.82. The van der Waals surface area contributed by atoms with Crippen molar-refractivity contribution in [3.05, 3.63) is 11.5 Å². The van der Waals surface area contributed by atoms with E-state index in [4.69, 9.17) is 4.74 Å². The number of nitrogens with zero attached hydrogens (tertiary/aromatic N) is 1. The van der Waals surface area contributed by atoms with Gasteiger partial charge in [0.1, 0.15) is 5.82 Å². The molecule has 1 aromatic rings. The maximum absolute atomic E-state index is 9.42. The van der Waals surface area contributed by atoms with Crippen molar-refractivity contribution in [2.75, 3.05) is 6.61 Å². The molecule has 4 heteroatoms. The van der Waals surface area contributed by atoms with Crippen LogP contribution in [0.1, 0.15) is 31.3 Å². The van der Waals surface area contributed by atoms with Crippen molar-refractivity contribution in [1.82, 2.24) is 9.97 Å². The Morgan fingerprint density at radius 3 is 3.07 bits per heavy atom. The quantitative estimate of drug-likeness (QED) is 0.768. The highest BCUT2D eigenvalue weighted by molar-refractivity contribution is 5.19. The van der Waals surface area contributed by atoms with Crippen LogP contribution in [-0.4, -0.2) is 27.8 Å². The molecule has 0 radical (unpaired) electrons. The number of ether oxygens (including phenoxy) is 1. The van der Waals surface area contributed by atoms with Gasteiger partial charge in [-0.3, -0.25) is 0 Å². The molecule has 14 heavy (non-hydrogen) atoms. The molecule has 1 aliphatic heterocycles. The standard InChI is InChI=1S/C10H16N2O2/c1-2-8-10(13)12-9(11-8)6-7-4-3-5-14-7/h7,13H,2-6H2,1H3,(H,11,12). The van der Waals surface area contributed by atoms with E-state index in [-0.39, 0.29) is 12.0 Å². The van der Waals surface area contributed by atoms with Crippen LogP contribution in [0.5, 0.6) is 5.88 Å². The summed E-state index contributed by atoms with van der Waals surface area (Å²) >= 11 is 0. The van der Waals surface area contributed by atoms with Crippen LogP contribution in [-0.2, 0) is 17.6 Å². The van der Waals surface area contributed by atoms with Crippen molar-refractivity contribution < 1.29 is 9.84 Å². The van der Waals surface area contributed by atoms with Gasteiger partial charge in [-0.2, -0.15) is 4.98 Å². The molecule has 0 bridgehead atoms. The summed E-state index contributed by atoms with van der Waals surface area (Å²) in [6.45, 7) is 2.85. The summed E-state index contributed by atoms with van der Waals surface area (Å²) in [6, 6.07) is 0. The molecule has 0 spiro atoms. The van der Waals surface area contributed by atoms with E-state index in [1.807, 2.05) is 6.92 Å². The zero-order chi connectivity index (χ0) is 9.97. The number of hydrogen-bond donors (Lipinski definition) is 2. The molecular formula is C10H16N2O2. The van der Waals surface area contributed by atoms with Crippen LogP contribution in [0, 0.1) is 0 Å². The number of aromatic nitrogens is 2. The first-order valence-corrected chi connectivity index (χ1v) is 5.18. The molecule has 1 aromatic heterocycles. The maximum atomic E-state index is 9.42. The Hall–Kier alpha value is -1.03. The van der Waals surface area contributed by atoms with Crippen LogP contribution in [0.2, 0.25) is 0 Å². The molecule has 2 N–H and O–H groups in total. The minimum absolute atomic E-state index is 0.139. The lowest BCUT2D eigenvalue weighted by molar-refractivity contribution is 0.110. The number of aromatic amines is 1. The lowest BCUT2D eigenvalue weighted by Gasteiger charge is -2.05. The third kappa shape index (κ3) is 1.90. The van der Waals surface area contributed by atoms with Crippen molar-refractivity contribution in [1.29, 1.82) is 0 Å². The highest BCUT2D eigenvalue weighted by Crippen LogP contribution is 2.19. The van der Waals surface area contributed by atoms with Gasteiger partial charge in [0, 0.05) is 13.0 Å². The van der Waals surface area contributed by atoms with Crippen LogP contribution >= 0.6 is 0 Å². The maximum Gasteiger partial charge on any atom is 0.232 e. The summed E-state index contributed by atoms with van der Waals surface area (Å²) < 4.78 is 5.50. The Balaban J connectivity index is 2.01. The highest BCUT2D eigenvalue weighted by Gasteiger charge is 2.18. The van der Waals surface area contributed by atoms with Crippen molar-refractivity contribution in [2.24, 2.45) is 0 Å². The van der Waals surface area contributed by atoms with Crippen molar-refractivity contribution in [2.45, 2.75) is 38.7 Å². The highest BCUT2D eigenvalue weighted by atomic mass is 16.5. The topological polar surface area (TPSA) is 58.1 Å². The van der Waals surface area contributed by atoms with Gasteiger partial charge in [0.25, 0.3) is 0 Å². The second kappa shape index (κ2) is 4.00. The van der Waals surface area contributed by atoms with E-state index in [9.17, 15) is 5.11 Å². The fourth-order valence-electron chi connectivity index (χ4n) is 1.82. The average molecular weight is 196 g/mol. The second-order valence-corrected chi connectivity index (χ2v) is 3.68. The van der Waals surface area contributed by atoms with Crippen molar-refractivity contribution >= 4 is 0 Å². The lowest BCUT2D eigenvalue weighted by atomic mass is 10.2. The molecule has 78 valence electrons. The lowest BCUT2D eigenvalue weighted by Crippen LogP contribution is -2.09. The van der Waals surface area contributed by atoms with Gasteiger partial charge in [-0.1, -0.05) is 6.92 Å². The van der Waals surface area contributed by atoms with Gasteiger partial charge >= 0.3 is 0 Å². The van der Waals surface area contributed by atoms with Gasteiger partial charge in [0.05, 0.1) is 11.8 Å². The minimum Gasteiger partial charge on any atom is -0.492 e. The van der Waals surface area contributed by atoms with Crippen molar-refractivity contribution in [3.8, 4) is 5.88 Å². The van der Waals surface area contributed by atoms with E-state index in [0.717, 1.165) is 43.8 Å². The van der Waals surface area contributed by atoms with Crippen LogP contribution in [0.15, 0.2) is 0 Å². The van der Waals surface area contributed by atoms with Gasteiger partial charge in [-0.15, -0.1) is 0 Å². The first-order chi connectivity index (χ1) is 6.79. The van der Waals surface area contributed by atoms with E-state index in [2.05, 4.69) is 9.97 Å². The zero-order valence-electron chi connectivity index (χ0n) is 8.42. The fraction of sp³-hybridized carbons (Fsp3) is 0.700. The molecule has 0 saturated carbocycles. The number of H-pyrrole nitrogens is 1. The van der Waals surface area contributed by atoms with Crippen molar-refractivity contribution in [3.63, 3.8) is 0 Å². The summed E-state index contributed by atoms with van der Waals surface area (Å²) in [5.41, 5.74) is 0.818. The van der Waals surface area contributed by atoms with Crippen LogP contribution in [0.25, 0.3) is 0 Å². The van der Waals surface area contributed by atoms with Crippen LogP contribution in [0.3, 0.4) is 0 Å². The molecule has 0 aromatic carbocycles. The summed E-state index contributed by atoms with van der Waals surface area (Å²) in [4.78, 5) is 7.18. The van der Waals surface area contributed by atoms with Gasteiger partial charge in [0.2, 0.25) is 5.88 Å². The predicted octanol–water partition coefficient (Wildman–Crippen LogP) is 1.40. The number of hydrogen-bond acceptors (Lipinski definition) is 3. The SMILES string of the molecule is CCc1[nH]c(CC2CCCO2)nc1O. The molecule has 1 unspecified atom stereocenters. The Labute approximate surface area is 83.3 Å². The monoisotopic (exact) mass is 196 g/mol. The van der Waals surface area contributed by atoms with Gasteiger partial charge in [-0.05, 0) is 19.3 Å². The smallest absolute Gasteiger partial charge is 0.232 e. The van der Waals surface area contributed by atoms with Crippen LogP contribution < -0.4 is 0 Å². The summed E-state index contributed by atoms with van der Waals surface area (Å²) in [6.07, 6.45) is 4.09. The largest absolute Gasteiger partial charge is 0.492 e. The molecule has 1 saturated heterocycles. The Morgan fingerprint density at radius 2 is 2.50 bits per heavy atom. The summed E-state index contributed by atoms with van der Waals surface area (Å²) in [5, 5.41) is 9.42. The predicted molar refractivity (Wildman–Crippen MR) is 52.3 cm³/mol. The van der Waals surface area contributed by atoms with E-state index >= 15 is 0 Å². The molecule has 1 fully saturated rings. The summed E-state index contributed by atoms with van der Waals surface area (Å²) in [7, 11) is 0. The minimum atomic E-state index is 0.139. The number of aromatic hydroxyl groups is 1. The molecule has 2 rings (SSSR count). The molecule has 1 aliphatic rings. The Bertz CT molecular complexity index is 303. The molecule has 0 aliphatic carbocycles. The number of nitrogens with one attached hydrogen (secondary N) is 1. The van der Waals surface area contributed by atoms with E-state index in [1.165, 1.54) is 0 Å². The van der Waals surface area contributed by atoms with E-state index in [0.29, 0.717) is 0 Å². The van der Waals surface area contributed by atoms with Gasteiger partial charge < -0.3 is 14.8 Å².